The van der Waals surface area contributed by atoms with Crippen molar-refractivity contribution in [2.45, 2.75) is 26.4 Å². The lowest BCUT2D eigenvalue weighted by molar-refractivity contribution is -0.115. The molecule has 0 radical (unpaired) electrons. The SMILES string of the molecule is CC(C)(C)OC(=O)NCC(=O)Nc1ccc(NC(=O)c2ccccc2O)cc1. The van der Waals surface area contributed by atoms with Crippen LogP contribution in [0.2, 0.25) is 0 Å². The van der Waals surface area contributed by atoms with Crippen LogP contribution in [0, 0.1) is 0 Å². The van der Waals surface area contributed by atoms with Gasteiger partial charge >= 0.3 is 6.09 Å². The molecule has 148 valence electrons. The number of carbonyl (C=O) groups is 3. The van der Waals surface area contributed by atoms with Gasteiger partial charge in [0.15, 0.2) is 0 Å². The van der Waals surface area contributed by atoms with Crippen LogP contribution in [0.25, 0.3) is 0 Å². The number of anilines is 2. The van der Waals surface area contributed by atoms with Crippen LogP contribution >= 0.6 is 0 Å². The van der Waals surface area contributed by atoms with Crippen LogP contribution in [0.1, 0.15) is 31.1 Å². The summed E-state index contributed by atoms with van der Waals surface area (Å²) in [5, 5.41) is 17.3. The third-order valence-electron chi connectivity index (χ3n) is 3.37. The summed E-state index contributed by atoms with van der Waals surface area (Å²) >= 11 is 0. The lowest BCUT2D eigenvalue weighted by Crippen LogP contribution is -2.37. The highest BCUT2D eigenvalue weighted by molar-refractivity contribution is 6.06. The molecule has 0 aliphatic heterocycles. The van der Waals surface area contributed by atoms with Crippen LogP contribution in [0.15, 0.2) is 48.5 Å². The maximum Gasteiger partial charge on any atom is 0.408 e. The highest BCUT2D eigenvalue weighted by Gasteiger charge is 2.16. The van der Waals surface area contributed by atoms with E-state index in [9.17, 15) is 19.5 Å². The maximum absolute atomic E-state index is 12.2. The Labute approximate surface area is 162 Å². The number of nitrogens with one attached hydrogen (secondary N) is 3. The topological polar surface area (TPSA) is 117 Å². The molecule has 0 fully saturated rings. The smallest absolute Gasteiger partial charge is 0.408 e. The number of amides is 3. The summed E-state index contributed by atoms with van der Waals surface area (Å²) in [5.41, 5.74) is 0.514. The second-order valence-electron chi connectivity index (χ2n) is 6.95. The number of hydrogen-bond donors (Lipinski definition) is 4. The molecular formula is C20H23N3O5. The van der Waals surface area contributed by atoms with Crippen LogP contribution in [0.3, 0.4) is 0 Å². The zero-order valence-corrected chi connectivity index (χ0v) is 15.9. The van der Waals surface area contributed by atoms with Crippen molar-refractivity contribution in [3.05, 3.63) is 54.1 Å². The van der Waals surface area contributed by atoms with Gasteiger partial charge in [0.2, 0.25) is 5.91 Å². The highest BCUT2D eigenvalue weighted by atomic mass is 16.6. The summed E-state index contributed by atoms with van der Waals surface area (Å²) in [5.74, 6) is -0.977. The quantitative estimate of drug-likeness (QED) is 0.631. The molecule has 0 aliphatic rings. The van der Waals surface area contributed by atoms with Crippen molar-refractivity contribution in [3.63, 3.8) is 0 Å². The number of carbonyl (C=O) groups excluding carboxylic acids is 3. The Morgan fingerprint density at radius 3 is 2.07 bits per heavy atom. The molecule has 0 aromatic heterocycles. The van der Waals surface area contributed by atoms with E-state index in [2.05, 4.69) is 16.0 Å². The molecule has 2 rings (SSSR count). The summed E-state index contributed by atoms with van der Waals surface area (Å²) in [6.07, 6.45) is -0.676. The van der Waals surface area contributed by atoms with Crippen LogP contribution in [-0.4, -0.2) is 35.2 Å². The minimum absolute atomic E-state index is 0.110. The molecular weight excluding hydrogens is 362 g/mol. The summed E-state index contributed by atoms with van der Waals surface area (Å²) in [7, 11) is 0. The van der Waals surface area contributed by atoms with Gasteiger partial charge in [-0.05, 0) is 57.2 Å². The fraction of sp³-hybridized carbons (Fsp3) is 0.250. The van der Waals surface area contributed by atoms with Gasteiger partial charge in [-0.25, -0.2) is 4.79 Å². The first-order valence-corrected chi connectivity index (χ1v) is 8.60. The number of phenolic OH excluding ortho intramolecular Hbond substituents is 1. The number of phenols is 1. The van der Waals surface area contributed by atoms with Crippen molar-refractivity contribution in [1.82, 2.24) is 5.32 Å². The van der Waals surface area contributed by atoms with Gasteiger partial charge in [0.05, 0.1) is 5.56 Å². The largest absolute Gasteiger partial charge is 0.507 e. The van der Waals surface area contributed by atoms with Crippen molar-refractivity contribution in [1.29, 1.82) is 0 Å². The van der Waals surface area contributed by atoms with E-state index in [1.54, 1.807) is 57.2 Å². The monoisotopic (exact) mass is 385 g/mol. The minimum atomic E-state index is -0.676. The summed E-state index contributed by atoms with van der Waals surface area (Å²) in [6, 6.07) is 12.6. The van der Waals surface area contributed by atoms with Crippen LogP contribution < -0.4 is 16.0 Å². The van der Waals surface area contributed by atoms with Crippen LogP contribution in [0.5, 0.6) is 5.75 Å². The van der Waals surface area contributed by atoms with Crippen molar-refractivity contribution in [3.8, 4) is 5.75 Å². The van der Waals surface area contributed by atoms with E-state index in [0.29, 0.717) is 11.4 Å². The molecule has 0 heterocycles. The van der Waals surface area contributed by atoms with E-state index in [4.69, 9.17) is 4.74 Å². The second kappa shape index (κ2) is 8.90. The molecule has 0 saturated carbocycles. The lowest BCUT2D eigenvalue weighted by Gasteiger charge is -2.19. The molecule has 0 bridgehead atoms. The Morgan fingerprint density at radius 1 is 0.929 bits per heavy atom. The first-order chi connectivity index (χ1) is 13.1. The Hall–Kier alpha value is -3.55. The number of ether oxygens (including phenoxy) is 1. The molecule has 8 heteroatoms. The predicted octanol–water partition coefficient (Wildman–Crippen LogP) is 3.11. The average Bonchev–Trinajstić information content (AvgIpc) is 2.60. The fourth-order valence-corrected chi connectivity index (χ4v) is 2.17. The van der Waals surface area contributed by atoms with Gasteiger partial charge in [-0.1, -0.05) is 12.1 Å². The summed E-state index contributed by atoms with van der Waals surface area (Å²) < 4.78 is 5.05. The number of alkyl carbamates (subject to hydrolysis) is 1. The van der Waals surface area contributed by atoms with E-state index in [0.717, 1.165) is 0 Å². The Bertz CT molecular complexity index is 857. The van der Waals surface area contributed by atoms with Gasteiger partial charge in [-0.3, -0.25) is 9.59 Å². The molecule has 4 N–H and O–H groups in total. The molecule has 28 heavy (non-hydrogen) atoms. The predicted molar refractivity (Wildman–Crippen MR) is 105 cm³/mol. The van der Waals surface area contributed by atoms with Gasteiger partial charge in [-0.2, -0.15) is 0 Å². The maximum atomic E-state index is 12.2. The molecule has 3 amide bonds. The van der Waals surface area contributed by atoms with Crippen molar-refractivity contribution in [2.24, 2.45) is 0 Å². The van der Waals surface area contributed by atoms with Gasteiger partial charge < -0.3 is 25.8 Å². The number of benzene rings is 2. The van der Waals surface area contributed by atoms with Crippen molar-refractivity contribution >= 4 is 29.3 Å². The van der Waals surface area contributed by atoms with Crippen LogP contribution in [0.4, 0.5) is 16.2 Å². The van der Waals surface area contributed by atoms with E-state index in [-0.39, 0.29) is 17.9 Å². The fourth-order valence-electron chi connectivity index (χ4n) is 2.17. The Morgan fingerprint density at radius 2 is 1.50 bits per heavy atom. The number of hydrogen-bond acceptors (Lipinski definition) is 5. The molecule has 0 spiro atoms. The summed E-state index contributed by atoms with van der Waals surface area (Å²) in [6.45, 7) is 4.95. The molecule has 2 aromatic carbocycles. The van der Waals surface area contributed by atoms with Gasteiger partial charge in [0.1, 0.15) is 17.9 Å². The Balaban J connectivity index is 1.85. The van der Waals surface area contributed by atoms with E-state index in [1.165, 1.54) is 12.1 Å². The third-order valence-corrected chi connectivity index (χ3v) is 3.37. The molecule has 0 aliphatic carbocycles. The van der Waals surface area contributed by atoms with E-state index in [1.807, 2.05) is 0 Å². The number of aromatic hydroxyl groups is 1. The third kappa shape index (κ3) is 6.64. The standard InChI is InChI=1S/C20H23N3O5/c1-20(2,3)28-19(27)21-12-17(25)22-13-8-10-14(11-9-13)23-18(26)15-6-4-5-7-16(15)24/h4-11,24H,12H2,1-3H3,(H,21,27)(H,22,25)(H,23,26). The van der Waals surface area contributed by atoms with E-state index >= 15 is 0 Å². The minimum Gasteiger partial charge on any atom is -0.507 e. The van der Waals surface area contributed by atoms with E-state index < -0.39 is 23.5 Å². The molecule has 0 unspecified atom stereocenters. The van der Waals surface area contributed by atoms with Crippen LogP contribution in [-0.2, 0) is 9.53 Å². The number of para-hydroxylation sites is 1. The molecule has 8 nitrogen and oxygen atoms in total. The van der Waals surface area contributed by atoms with Gasteiger partial charge in [-0.15, -0.1) is 0 Å². The lowest BCUT2D eigenvalue weighted by atomic mass is 10.2. The zero-order chi connectivity index (χ0) is 20.7. The first kappa shape index (κ1) is 20.8. The first-order valence-electron chi connectivity index (χ1n) is 8.60. The highest BCUT2D eigenvalue weighted by Crippen LogP contribution is 2.19. The van der Waals surface area contributed by atoms with Gasteiger partial charge in [0.25, 0.3) is 5.91 Å². The van der Waals surface area contributed by atoms with Gasteiger partial charge in [0, 0.05) is 11.4 Å². The average molecular weight is 385 g/mol. The molecule has 0 atom stereocenters. The van der Waals surface area contributed by atoms with Crippen molar-refractivity contribution < 1.29 is 24.2 Å². The summed E-state index contributed by atoms with van der Waals surface area (Å²) in [4.78, 5) is 35.6. The molecule has 0 saturated heterocycles. The zero-order valence-electron chi connectivity index (χ0n) is 15.9. The normalized spacial score (nSPS) is 10.7. The number of rotatable bonds is 5. The molecule has 2 aromatic rings. The van der Waals surface area contributed by atoms with Crippen molar-refractivity contribution in [2.75, 3.05) is 17.2 Å². The second-order valence-corrected chi connectivity index (χ2v) is 6.95. The Kier molecular flexibility index (Phi) is 6.59.